The molecule has 0 spiro atoms. The van der Waals surface area contributed by atoms with Crippen molar-refractivity contribution >= 4 is 44.0 Å². The third-order valence-corrected chi connectivity index (χ3v) is 3.86. The van der Waals surface area contributed by atoms with E-state index in [0.717, 1.165) is 25.1 Å². The lowest BCUT2D eigenvalue weighted by atomic mass is 10.2. The van der Waals surface area contributed by atoms with Crippen molar-refractivity contribution in [3.8, 4) is 10.4 Å². The zero-order chi connectivity index (χ0) is 10.8. The SMILES string of the molecule is CNc1ncc(-c2ccc(Cl)cc2Br)s1. The molecular formula is C10H8BrClN2S. The number of benzene rings is 1. The maximum atomic E-state index is 5.88. The number of thiazole rings is 1. The Balaban J connectivity index is 2.44. The fourth-order valence-corrected chi connectivity index (χ4v) is 3.04. The van der Waals surface area contributed by atoms with Crippen LogP contribution in [0.1, 0.15) is 0 Å². The van der Waals surface area contributed by atoms with Crippen LogP contribution in [0.25, 0.3) is 10.4 Å². The Labute approximate surface area is 105 Å². The summed E-state index contributed by atoms with van der Waals surface area (Å²) in [7, 11) is 1.86. The lowest BCUT2D eigenvalue weighted by Gasteiger charge is -2.00. The standard InChI is InChI=1S/C10H8BrClN2S/c1-13-10-14-5-9(15-10)7-3-2-6(12)4-8(7)11/h2-5H,1H3,(H,13,14). The molecule has 0 radical (unpaired) electrons. The first-order valence-corrected chi connectivity index (χ1v) is 6.28. The van der Waals surface area contributed by atoms with Crippen LogP contribution in [-0.4, -0.2) is 12.0 Å². The number of hydrogen-bond donors (Lipinski definition) is 1. The maximum Gasteiger partial charge on any atom is 0.182 e. The minimum Gasteiger partial charge on any atom is -0.365 e. The van der Waals surface area contributed by atoms with Crippen molar-refractivity contribution in [3.63, 3.8) is 0 Å². The van der Waals surface area contributed by atoms with Gasteiger partial charge in [0.15, 0.2) is 5.13 Å². The number of nitrogens with one attached hydrogen (secondary N) is 1. The van der Waals surface area contributed by atoms with Crippen LogP contribution in [0.2, 0.25) is 5.02 Å². The Bertz CT molecular complexity index is 484. The highest BCUT2D eigenvalue weighted by Gasteiger charge is 2.07. The zero-order valence-electron chi connectivity index (χ0n) is 7.92. The molecule has 0 aliphatic heterocycles. The van der Waals surface area contributed by atoms with Gasteiger partial charge in [-0.1, -0.05) is 44.9 Å². The molecule has 0 aliphatic rings. The summed E-state index contributed by atoms with van der Waals surface area (Å²) < 4.78 is 0.987. The van der Waals surface area contributed by atoms with Crippen molar-refractivity contribution in [1.82, 2.24) is 4.98 Å². The second-order valence-electron chi connectivity index (χ2n) is 2.90. The van der Waals surface area contributed by atoms with E-state index in [1.165, 1.54) is 0 Å². The predicted octanol–water partition coefficient (Wildman–Crippen LogP) is 4.27. The van der Waals surface area contributed by atoms with E-state index in [4.69, 9.17) is 11.6 Å². The van der Waals surface area contributed by atoms with Gasteiger partial charge < -0.3 is 5.32 Å². The molecule has 78 valence electrons. The second-order valence-corrected chi connectivity index (χ2v) is 5.23. The number of anilines is 1. The van der Waals surface area contributed by atoms with E-state index >= 15 is 0 Å². The fraction of sp³-hybridized carbons (Fsp3) is 0.100. The molecule has 2 aromatic rings. The molecule has 0 bridgehead atoms. The van der Waals surface area contributed by atoms with E-state index in [0.29, 0.717) is 0 Å². The number of aromatic nitrogens is 1. The summed E-state index contributed by atoms with van der Waals surface area (Å²) in [6.45, 7) is 0. The highest BCUT2D eigenvalue weighted by Crippen LogP contribution is 2.35. The van der Waals surface area contributed by atoms with Crippen LogP contribution in [0.4, 0.5) is 5.13 Å². The molecular weight excluding hydrogens is 296 g/mol. The fourth-order valence-electron chi connectivity index (χ4n) is 1.20. The molecule has 0 aliphatic carbocycles. The average Bonchev–Trinajstić information content (AvgIpc) is 2.66. The van der Waals surface area contributed by atoms with Crippen LogP contribution in [0.3, 0.4) is 0 Å². The lowest BCUT2D eigenvalue weighted by molar-refractivity contribution is 1.37. The molecule has 1 aromatic heterocycles. The van der Waals surface area contributed by atoms with Gasteiger partial charge in [-0.25, -0.2) is 4.98 Å². The van der Waals surface area contributed by atoms with Crippen molar-refractivity contribution < 1.29 is 0 Å². The van der Waals surface area contributed by atoms with E-state index in [9.17, 15) is 0 Å². The Morgan fingerprint density at radius 3 is 2.87 bits per heavy atom. The number of halogens is 2. The van der Waals surface area contributed by atoms with E-state index < -0.39 is 0 Å². The summed E-state index contributed by atoms with van der Waals surface area (Å²) in [5.41, 5.74) is 1.11. The van der Waals surface area contributed by atoms with Crippen molar-refractivity contribution in [2.24, 2.45) is 0 Å². The quantitative estimate of drug-likeness (QED) is 0.896. The molecule has 5 heteroatoms. The third-order valence-electron chi connectivity index (χ3n) is 1.92. The largest absolute Gasteiger partial charge is 0.365 e. The van der Waals surface area contributed by atoms with Gasteiger partial charge in [0, 0.05) is 28.3 Å². The van der Waals surface area contributed by atoms with E-state index in [1.807, 2.05) is 31.4 Å². The molecule has 0 unspecified atom stereocenters. The summed E-state index contributed by atoms with van der Waals surface area (Å²) in [5.74, 6) is 0. The van der Waals surface area contributed by atoms with Crippen molar-refractivity contribution in [3.05, 3.63) is 33.9 Å². The van der Waals surface area contributed by atoms with Crippen molar-refractivity contribution in [1.29, 1.82) is 0 Å². The molecule has 1 N–H and O–H groups in total. The minimum absolute atomic E-state index is 0.726. The van der Waals surface area contributed by atoms with Gasteiger partial charge in [-0.2, -0.15) is 0 Å². The van der Waals surface area contributed by atoms with Crippen molar-refractivity contribution in [2.45, 2.75) is 0 Å². The number of rotatable bonds is 2. The third kappa shape index (κ3) is 2.33. The van der Waals surface area contributed by atoms with Gasteiger partial charge in [0.25, 0.3) is 0 Å². The average molecular weight is 304 g/mol. The summed E-state index contributed by atoms with van der Waals surface area (Å²) in [6.07, 6.45) is 1.85. The molecule has 1 heterocycles. The van der Waals surface area contributed by atoms with E-state index in [2.05, 4.69) is 26.2 Å². The van der Waals surface area contributed by atoms with Gasteiger partial charge in [0.2, 0.25) is 0 Å². The van der Waals surface area contributed by atoms with Gasteiger partial charge in [0.1, 0.15) is 0 Å². The topological polar surface area (TPSA) is 24.9 Å². The molecule has 0 saturated carbocycles. The van der Waals surface area contributed by atoms with Gasteiger partial charge in [-0.05, 0) is 12.1 Å². The second kappa shape index (κ2) is 4.51. The van der Waals surface area contributed by atoms with Gasteiger partial charge in [-0.15, -0.1) is 0 Å². The lowest BCUT2D eigenvalue weighted by Crippen LogP contribution is -1.83. The predicted molar refractivity (Wildman–Crippen MR) is 69.8 cm³/mol. The first kappa shape index (κ1) is 10.9. The smallest absolute Gasteiger partial charge is 0.182 e. The van der Waals surface area contributed by atoms with Crippen LogP contribution in [0.5, 0.6) is 0 Å². The first-order valence-electron chi connectivity index (χ1n) is 4.29. The normalized spacial score (nSPS) is 10.3. The van der Waals surface area contributed by atoms with E-state index in [1.54, 1.807) is 11.3 Å². The maximum absolute atomic E-state index is 5.88. The summed E-state index contributed by atoms with van der Waals surface area (Å²) in [5, 5.41) is 4.65. The Morgan fingerprint density at radius 1 is 1.47 bits per heavy atom. The highest BCUT2D eigenvalue weighted by atomic mass is 79.9. The molecule has 0 atom stereocenters. The number of hydrogen-bond acceptors (Lipinski definition) is 3. The summed E-state index contributed by atoms with van der Waals surface area (Å²) in [4.78, 5) is 5.34. The van der Waals surface area contributed by atoms with Gasteiger partial charge in [-0.3, -0.25) is 0 Å². The Morgan fingerprint density at radius 2 is 2.27 bits per heavy atom. The summed E-state index contributed by atoms with van der Waals surface area (Å²) in [6, 6.07) is 5.75. The van der Waals surface area contributed by atoms with Gasteiger partial charge >= 0.3 is 0 Å². The Hall–Kier alpha value is -0.580. The molecule has 0 saturated heterocycles. The van der Waals surface area contributed by atoms with Crippen LogP contribution < -0.4 is 5.32 Å². The van der Waals surface area contributed by atoms with Crippen molar-refractivity contribution in [2.75, 3.05) is 12.4 Å². The Kier molecular flexibility index (Phi) is 3.29. The van der Waals surface area contributed by atoms with E-state index in [-0.39, 0.29) is 0 Å². The van der Waals surface area contributed by atoms with Gasteiger partial charge in [0.05, 0.1) is 4.88 Å². The minimum atomic E-state index is 0.726. The molecule has 0 fully saturated rings. The van der Waals surface area contributed by atoms with Crippen LogP contribution in [-0.2, 0) is 0 Å². The molecule has 2 nitrogen and oxygen atoms in total. The monoisotopic (exact) mass is 302 g/mol. The number of nitrogens with zero attached hydrogens (tertiary/aromatic N) is 1. The summed E-state index contributed by atoms with van der Waals surface area (Å²) >= 11 is 11.0. The van der Waals surface area contributed by atoms with Crippen LogP contribution >= 0.6 is 38.9 Å². The first-order chi connectivity index (χ1) is 7.20. The highest BCUT2D eigenvalue weighted by molar-refractivity contribution is 9.10. The molecule has 2 rings (SSSR count). The molecule has 1 aromatic carbocycles. The molecule has 15 heavy (non-hydrogen) atoms. The van der Waals surface area contributed by atoms with Crippen LogP contribution in [0.15, 0.2) is 28.9 Å². The molecule has 0 amide bonds. The van der Waals surface area contributed by atoms with Crippen LogP contribution in [0, 0.1) is 0 Å². The zero-order valence-corrected chi connectivity index (χ0v) is 11.1.